The molecule has 0 atom stereocenters. The Hall–Kier alpha value is -0.260. The summed E-state index contributed by atoms with van der Waals surface area (Å²) in [6.45, 7) is 8.61. The Morgan fingerprint density at radius 2 is 1.40 bits per heavy atom. The predicted octanol–water partition coefficient (Wildman–Crippen LogP) is 3.78. The normalized spacial score (nSPS) is 16.4. The summed E-state index contributed by atoms with van der Waals surface area (Å²) in [7, 11) is 0. The van der Waals surface area contributed by atoms with Gasteiger partial charge in [0.25, 0.3) is 0 Å². The first-order chi connectivity index (χ1) is 4.56. The summed E-state index contributed by atoms with van der Waals surface area (Å²) in [4.78, 5) is 0. The van der Waals surface area contributed by atoms with Crippen LogP contribution in [0, 0.1) is 5.41 Å². The summed E-state index contributed by atoms with van der Waals surface area (Å²) in [5.74, 6) is 0. The lowest BCUT2D eigenvalue weighted by atomic mass is 9.97. The molecule has 0 aromatic heterocycles. The molecule has 0 aromatic carbocycles. The molecular formula is C10H20. The third kappa shape index (κ3) is 15.6. The molecule has 1 aliphatic carbocycles. The first-order valence-corrected chi connectivity index (χ1v) is 4.20. The zero-order chi connectivity index (χ0) is 8.04. The molecule has 0 unspecified atom stereocenters. The van der Waals surface area contributed by atoms with Gasteiger partial charge in [-0.3, -0.25) is 0 Å². The van der Waals surface area contributed by atoms with Crippen molar-refractivity contribution in [2.45, 2.75) is 47.0 Å². The topological polar surface area (TPSA) is 0 Å². The maximum atomic E-state index is 2.19. The largest absolute Gasteiger partial charge is 0.0911 e. The van der Waals surface area contributed by atoms with E-state index >= 15 is 0 Å². The van der Waals surface area contributed by atoms with Crippen LogP contribution in [0.1, 0.15) is 47.0 Å². The monoisotopic (exact) mass is 140 g/mol. The van der Waals surface area contributed by atoms with E-state index in [2.05, 4.69) is 32.9 Å². The highest BCUT2D eigenvalue weighted by Crippen LogP contribution is 2.15. The molecule has 0 aliphatic heterocycles. The fraction of sp³-hybridized carbons (Fsp3) is 0.800. The quantitative estimate of drug-likeness (QED) is 0.449. The first-order valence-electron chi connectivity index (χ1n) is 4.20. The molecule has 0 aromatic rings. The van der Waals surface area contributed by atoms with Crippen LogP contribution in [0.15, 0.2) is 12.2 Å². The fourth-order valence-electron chi connectivity index (χ4n) is 0.500. The van der Waals surface area contributed by atoms with Crippen molar-refractivity contribution < 1.29 is 0 Å². The van der Waals surface area contributed by atoms with Crippen LogP contribution in [0.5, 0.6) is 0 Å². The molecule has 10 heavy (non-hydrogen) atoms. The maximum Gasteiger partial charge on any atom is -0.0203 e. The summed E-state index contributed by atoms with van der Waals surface area (Å²) in [6.07, 6.45) is 8.77. The Morgan fingerprint density at radius 3 is 1.40 bits per heavy atom. The fourth-order valence-corrected chi connectivity index (χ4v) is 0.500. The van der Waals surface area contributed by atoms with Gasteiger partial charge in [-0.25, -0.2) is 0 Å². The van der Waals surface area contributed by atoms with Crippen molar-refractivity contribution in [3.8, 4) is 0 Å². The van der Waals surface area contributed by atoms with Gasteiger partial charge in [-0.1, -0.05) is 52.2 Å². The Bertz CT molecular complexity index is 88.3. The lowest BCUT2D eigenvalue weighted by Crippen LogP contribution is -1.97. The van der Waals surface area contributed by atoms with E-state index in [9.17, 15) is 0 Å². The van der Waals surface area contributed by atoms with Crippen LogP contribution < -0.4 is 0 Å². The second-order valence-electron chi connectivity index (χ2n) is 3.93. The van der Waals surface area contributed by atoms with Crippen molar-refractivity contribution in [1.29, 1.82) is 0 Å². The molecule has 1 rings (SSSR count). The van der Waals surface area contributed by atoms with E-state index in [4.69, 9.17) is 0 Å². The minimum Gasteiger partial charge on any atom is -0.0911 e. The van der Waals surface area contributed by atoms with Crippen molar-refractivity contribution in [3.63, 3.8) is 0 Å². The molecule has 60 valence electrons. The molecule has 0 bridgehead atoms. The summed E-state index contributed by atoms with van der Waals surface area (Å²) in [6, 6.07) is 0. The van der Waals surface area contributed by atoms with E-state index in [1.54, 1.807) is 0 Å². The zero-order valence-corrected chi connectivity index (χ0v) is 7.78. The van der Waals surface area contributed by atoms with Gasteiger partial charge < -0.3 is 0 Å². The second-order valence-corrected chi connectivity index (χ2v) is 3.93. The van der Waals surface area contributed by atoms with Gasteiger partial charge >= 0.3 is 0 Å². The SMILES string of the molecule is C/C=C\C(C)(C)C.C1CC1. The molecule has 1 saturated carbocycles. The van der Waals surface area contributed by atoms with Crippen LogP contribution in [0.25, 0.3) is 0 Å². The minimum atomic E-state index is 0.370. The van der Waals surface area contributed by atoms with Crippen molar-refractivity contribution >= 4 is 0 Å². The number of rotatable bonds is 0. The van der Waals surface area contributed by atoms with Crippen LogP contribution in [0.2, 0.25) is 0 Å². The standard InChI is InChI=1S/C7H14.C3H6/c1-5-6-7(2,3)4;1-2-3-1/h5-6H,1-4H3;1-3H2/b6-5-;. The smallest absolute Gasteiger partial charge is 0.0203 e. The summed E-state index contributed by atoms with van der Waals surface area (Å²) in [5.41, 5.74) is 0.370. The molecule has 0 N–H and O–H groups in total. The van der Waals surface area contributed by atoms with Crippen LogP contribution >= 0.6 is 0 Å². The highest BCUT2D eigenvalue weighted by molar-refractivity contribution is 4.88. The summed E-state index contributed by atoms with van der Waals surface area (Å²) >= 11 is 0. The van der Waals surface area contributed by atoms with Gasteiger partial charge in [0.05, 0.1) is 0 Å². The molecule has 0 spiro atoms. The van der Waals surface area contributed by atoms with E-state index in [0.29, 0.717) is 5.41 Å². The summed E-state index contributed by atoms with van der Waals surface area (Å²) < 4.78 is 0. The molecule has 0 nitrogen and oxygen atoms in total. The molecule has 0 radical (unpaired) electrons. The van der Waals surface area contributed by atoms with Crippen LogP contribution in [-0.2, 0) is 0 Å². The Labute approximate surface area is 65.3 Å². The van der Waals surface area contributed by atoms with Crippen molar-refractivity contribution in [3.05, 3.63) is 12.2 Å². The van der Waals surface area contributed by atoms with Gasteiger partial charge in [0.2, 0.25) is 0 Å². The second kappa shape index (κ2) is 4.54. The van der Waals surface area contributed by atoms with E-state index < -0.39 is 0 Å². The van der Waals surface area contributed by atoms with Crippen molar-refractivity contribution in [2.75, 3.05) is 0 Å². The molecule has 0 saturated heterocycles. The molecule has 0 amide bonds. The Kier molecular flexibility index (Phi) is 4.42. The lowest BCUT2D eigenvalue weighted by Gasteiger charge is -2.09. The van der Waals surface area contributed by atoms with Crippen LogP contribution in [-0.4, -0.2) is 0 Å². The number of allylic oxidation sites excluding steroid dienone is 2. The van der Waals surface area contributed by atoms with E-state index in [1.807, 2.05) is 6.92 Å². The minimum absolute atomic E-state index is 0.370. The van der Waals surface area contributed by atoms with Gasteiger partial charge in [0.15, 0.2) is 0 Å². The van der Waals surface area contributed by atoms with Gasteiger partial charge in [-0.05, 0) is 12.3 Å². The third-order valence-electron chi connectivity index (χ3n) is 1.02. The van der Waals surface area contributed by atoms with Crippen molar-refractivity contribution in [2.24, 2.45) is 5.41 Å². The molecule has 0 heterocycles. The molecule has 1 fully saturated rings. The maximum absolute atomic E-state index is 2.19. The molecular weight excluding hydrogens is 120 g/mol. The van der Waals surface area contributed by atoms with Crippen molar-refractivity contribution in [1.82, 2.24) is 0 Å². The van der Waals surface area contributed by atoms with E-state index in [0.717, 1.165) is 0 Å². The number of hydrogen-bond donors (Lipinski definition) is 0. The average Bonchev–Trinajstić information content (AvgIpc) is 2.40. The highest BCUT2D eigenvalue weighted by atomic mass is 14.1. The summed E-state index contributed by atoms with van der Waals surface area (Å²) in [5, 5.41) is 0. The number of hydrogen-bond acceptors (Lipinski definition) is 0. The lowest BCUT2D eigenvalue weighted by molar-refractivity contribution is 0.543. The van der Waals surface area contributed by atoms with E-state index in [-0.39, 0.29) is 0 Å². The highest BCUT2D eigenvalue weighted by Gasteiger charge is 2.00. The third-order valence-corrected chi connectivity index (χ3v) is 1.02. The Morgan fingerprint density at radius 1 is 1.00 bits per heavy atom. The van der Waals surface area contributed by atoms with Crippen LogP contribution in [0.4, 0.5) is 0 Å². The van der Waals surface area contributed by atoms with Gasteiger partial charge in [0.1, 0.15) is 0 Å². The van der Waals surface area contributed by atoms with Crippen LogP contribution in [0.3, 0.4) is 0 Å². The Balaban J connectivity index is 0.000000219. The zero-order valence-electron chi connectivity index (χ0n) is 7.78. The first kappa shape index (κ1) is 9.74. The van der Waals surface area contributed by atoms with Gasteiger partial charge in [-0.2, -0.15) is 0 Å². The molecule has 0 heteroatoms. The predicted molar refractivity (Wildman–Crippen MR) is 48.1 cm³/mol. The van der Waals surface area contributed by atoms with Gasteiger partial charge in [-0.15, -0.1) is 0 Å². The van der Waals surface area contributed by atoms with Gasteiger partial charge in [0, 0.05) is 0 Å². The van der Waals surface area contributed by atoms with E-state index in [1.165, 1.54) is 19.3 Å². The average molecular weight is 140 g/mol. The molecule has 1 aliphatic rings.